The number of hydrogen-bond donors (Lipinski definition) is 4. The summed E-state index contributed by atoms with van der Waals surface area (Å²) in [6.07, 6.45) is -3.73. The number of halogens is 3. The Labute approximate surface area is 283 Å². The van der Waals surface area contributed by atoms with Crippen LogP contribution in [0.25, 0.3) is 0 Å². The Morgan fingerprint density at radius 2 is 1.30 bits per heavy atom. The number of nitrogens with two attached hydrogens (primary N) is 2. The molecule has 14 nitrogen and oxygen atoms in total. The molecule has 4 atom stereocenters. The summed E-state index contributed by atoms with van der Waals surface area (Å²) in [5, 5.41) is 32.7. The number of thioether (sulfide) groups is 4. The normalized spacial score (nSPS) is 24.1. The van der Waals surface area contributed by atoms with Crippen LogP contribution in [0.15, 0.2) is 31.2 Å². The predicted octanol–water partition coefficient (Wildman–Crippen LogP) is 2.00. The maximum atomic E-state index is 12.5. The average Bonchev–Trinajstić information content (AvgIpc) is 3.71. The molecule has 46 heavy (non-hydrogen) atoms. The Kier molecular flexibility index (Phi) is 10.6. The van der Waals surface area contributed by atoms with Crippen molar-refractivity contribution in [1.29, 1.82) is 0 Å². The second-order valence-electron chi connectivity index (χ2n) is 9.65. The zero-order chi connectivity index (χ0) is 33.5. The molecule has 4 aliphatic heterocycles. The van der Waals surface area contributed by atoms with Crippen LogP contribution in [-0.4, -0.2) is 110 Å². The number of carboxylic acid groups (broad SMARTS) is 2. The minimum absolute atomic E-state index is 0.0818. The summed E-state index contributed by atoms with van der Waals surface area (Å²) < 4.78 is 38.4. The number of rotatable bonds is 9. The van der Waals surface area contributed by atoms with Crippen LogP contribution >= 0.6 is 69.7 Å². The monoisotopic (exact) mass is 756 g/mol. The lowest BCUT2D eigenvalue weighted by Gasteiger charge is -2.48. The van der Waals surface area contributed by atoms with E-state index in [0.29, 0.717) is 34.2 Å². The van der Waals surface area contributed by atoms with Gasteiger partial charge >= 0.3 is 18.1 Å². The highest BCUT2D eigenvalue weighted by Gasteiger charge is 2.52. The topological polar surface area (TPSA) is 219 Å². The molecule has 23 heteroatoms. The molecule has 0 saturated carbocycles. The Bertz CT molecular complexity index is 1630. The predicted molar refractivity (Wildman–Crippen MR) is 167 cm³/mol. The summed E-state index contributed by atoms with van der Waals surface area (Å²) in [5.74, 6) is -1.63. The molecule has 0 spiro atoms. The average molecular weight is 757 g/mol. The van der Waals surface area contributed by atoms with Crippen LogP contribution in [0.1, 0.15) is 16.9 Å². The van der Waals surface area contributed by atoms with Gasteiger partial charge in [-0.3, -0.25) is 19.4 Å². The maximum Gasteiger partial charge on any atom is 0.445 e. The second-order valence-corrected chi connectivity index (χ2v) is 16.3. The van der Waals surface area contributed by atoms with Gasteiger partial charge in [0.1, 0.15) is 39.2 Å². The smallest absolute Gasteiger partial charge is 0.445 e. The number of fused-ring (bicyclic) bond motifs is 2. The van der Waals surface area contributed by atoms with Crippen molar-refractivity contribution >= 4 is 93.5 Å². The van der Waals surface area contributed by atoms with Gasteiger partial charge in [-0.05, 0) is 17.6 Å². The Hall–Kier alpha value is -2.41. The van der Waals surface area contributed by atoms with Gasteiger partial charge in [0.25, 0.3) is 0 Å². The third kappa shape index (κ3) is 6.91. The fourth-order valence-electron chi connectivity index (χ4n) is 4.50. The lowest BCUT2D eigenvalue weighted by molar-refractivity contribution is -0.147. The van der Waals surface area contributed by atoms with E-state index < -0.39 is 46.5 Å². The first kappa shape index (κ1) is 34.9. The van der Waals surface area contributed by atoms with Crippen molar-refractivity contribution in [3.8, 4) is 0 Å². The highest BCUT2D eigenvalue weighted by atomic mass is 32.2. The SMILES string of the molecule is CCc1nnc(SCC2=C(C(=O)O)N3C(=O)C(N)[C@H]3SC2)s1.NC1C(=O)N2C(C(=O)O)=C(CSc3nnc(C(F)(F)F)s3)CS[C@H]12. The number of aliphatic carboxylic acids is 2. The van der Waals surface area contributed by atoms with Crippen molar-refractivity contribution in [1.82, 2.24) is 30.2 Å². The summed E-state index contributed by atoms with van der Waals surface area (Å²) >= 11 is 7.16. The van der Waals surface area contributed by atoms with Gasteiger partial charge in [-0.1, -0.05) is 53.1 Å². The number of carboxylic acids is 2. The van der Waals surface area contributed by atoms with Gasteiger partial charge in [0.05, 0.1) is 0 Å². The number of β-lactam (4-membered cyclic amide) rings is 2. The minimum atomic E-state index is -4.56. The molecule has 6 rings (SSSR count). The zero-order valence-corrected chi connectivity index (χ0v) is 28.2. The van der Waals surface area contributed by atoms with Crippen molar-refractivity contribution in [2.45, 2.75) is 51.0 Å². The van der Waals surface area contributed by atoms with E-state index in [-0.39, 0.29) is 32.8 Å². The van der Waals surface area contributed by atoms with E-state index in [4.69, 9.17) is 11.5 Å². The lowest BCUT2D eigenvalue weighted by Crippen LogP contribution is -2.68. The number of carbonyl (C=O) groups is 4. The van der Waals surface area contributed by atoms with E-state index >= 15 is 0 Å². The van der Waals surface area contributed by atoms with E-state index in [0.717, 1.165) is 38.0 Å². The van der Waals surface area contributed by atoms with E-state index in [9.17, 15) is 42.6 Å². The van der Waals surface area contributed by atoms with Gasteiger partial charge in [0.2, 0.25) is 16.8 Å². The molecule has 6 N–H and O–H groups in total. The van der Waals surface area contributed by atoms with Crippen molar-refractivity contribution in [2.75, 3.05) is 23.0 Å². The van der Waals surface area contributed by atoms with Gasteiger partial charge < -0.3 is 21.7 Å². The number of hydrogen-bond acceptors (Lipinski definition) is 16. The Balaban J connectivity index is 0.000000182. The molecule has 4 aliphatic rings. The van der Waals surface area contributed by atoms with Gasteiger partial charge in [-0.2, -0.15) is 13.2 Å². The number of nitrogens with zero attached hydrogens (tertiary/aromatic N) is 6. The molecule has 2 amide bonds. The van der Waals surface area contributed by atoms with Gasteiger partial charge in [0, 0.05) is 23.0 Å². The number of carbonyl (C=O) groups excluding carboxylic acids is 2. The molecule has 0 bridgehead atoms. The van der Waals surface area contributed by atoms with E-state index in [1.54, 1.807) is 0 Å². The molecular formula is C23H23F3N8O6S6. The molecule has 6 heterocycles. The van der Waals surface area contributed by atoms with Crippen LogP contribution in [0.4, 0.5) is 13.2 Å². The molecule has 2 aromatic heterocycles. The second kappa shape index (κ2) is 14.0. The quantitative estimate of drug-likeness (QED) is 0.212. The Morgan fingerprint density at radius 1 is 0.848 bits per heavy atom. The van der Waals surface area contributed by atoms with Crippen LogP contribution in [0.2, 0.25) is 0 Å². The van der Waals surface area contributed by atoms with Gasteiger partial charge in [-0.15, -0.1) is 43.9 Å². The third-order valence-electron chi connectivity index (χ3n) is 6.72. The highest BCUT2D eigenvalue weighted by Crippen LogP contribution is 2.43. The van der Waals surface area contributed by atoms with Crippen LogP contribution in [0.3, 0.4) is 0 Å². The zero-order valence-electron chi connectivity index (χ0n) is 23.3. The fourth-order valence-corrected chi connectivity index (χ4v) is 10.9. The fraction of sp³-hybridized carbons (Fsp3) is 0.478. The van der Waals surface area contributed by atoms with Crippen LogP contribution in [0, 0.1) is 0 Å². The van der Waals surface area contributed by atoms with E-state index in [1.165, 1.54) is 51.5 Å². The number of amides is 2. The van der Waals surface area contributed by atoms with E-state index in [1.807, 2.05) is 6.92 Å². The van der Waals surface area contributed by atoms with Gasteiger partial charge in [-0.25, -0.2) is 9.59 Å². The molecule has 2 unspecified atom stereocenters. The van der Waals surface area contributed by atoms with Crippen LogP contribution in [-0.2, 0) is 31.8 Å². The summed E-state index contributed by atoms with van der Waals surface area (Å²) in [7, 11) is 0. The first-order valence-electron chi connectivity index (χ1n) is 13.0. The highest BCUT2D eigenvalue weighted by molar-refractivity contribution is 8.02. The van der Waals surface area contributed by atoms with Crippen molar-refractivity contribution in [3.63, 3.8) is 0 Å². The minimum Gasteiger partial charge on any atom is -0.477 e. The molecule has 2 aromatic rings. The van der Waals surface area contributed by atoms with Gasteiger partial charge in [0.15, 0.2) is 8.68 Å². The van der Waals surface area contributed by atoms with E-state index in [2.05, 4.69) is 20.4 Å². The summed E-state index contributed by atoms with van der Waals surface area (Å²) in [4.78, 5) is 49.1. The molecule has 248 valence electrons. The molecule has 0 aromatic carbocycles. The van der Waals surface area contributed by atoms with Crippen LogP contribution < -0.4 is 11.5 Å². The Morgan fingerprint density at radius 3 is 1.70 bits per heavy atom. The third-order valence-corrected chi connectivity index (χ3v) is 13.9. The summed E-state index contributed by atoms with van der Waals surface area (Å²) in [6, 6.07) is -1.32. The van der Waals surface area contributed by atoms with Crippen molar-refractivity contribution in [3.05, 3.63) is 32.6 Å². The maximum absolute atomic E-state index is 12.5. The first-order chi connectivity index (χ1) is 21.7. The molecule has 2 fully saturated rings. The summed E-state index contributed by atoms with van der Waals surface area (Å²) in [5.41, 5.74) is 12.5. The number of aromatic nitrogens is 4. The lowest BCUT2D eigenvalue weighted by atomic mass is 10.0. The molecule has 0 aliphatic carbocycles. The van der Waals surface area contributed by atoms with Crippen molar-refractivity contribution in [2.24, 2.45) is 11.5 Å². The standard InChI is InChI=1S/C12H14N4O3S3.C11H9F3N4O3S3/c1-2-6-14-15-12(22-6)21-4-5-3-20-10-7(13)9(17)16(10)8(5)11(18)19;12-11(13,14)9-16-17-10(24-9)23-2-3-1-22-7-4(15)6(19)18(7)5(3)8(20)21/h7,10H,2-4,13H2,1H3,(H,18,19);4,7H,1-2,15H2,(H,20,21)/t7?,10-;4?,7-/m11/s1. The largest absolute Gasteiger partial charge is 0.477 e. The molecular weight excluding hydrogens is 734 g/mol. The number of alkyl halides is 3. The first-order valence-corrected chi connectivity index (χ1v) is 18.7. The number of aryl methyl sites for hydroxylation is 1. The molecule has 2 saturated heterocycles. The summed E-state index contributed by atoms with van der Waals surface area (Å²) in [6.45, 7) is 2.01. The van der Waals surface area contributed by atoms with Crippen LogP contribution in [0.5, 0.6) is 0 Å². The van der Waals surface area contributed by atoms with Crippen molar-refractivity contribution < 1.29 is 42.6 Å². The molecule has 0 radical (unpaired) electrons.